The number of benzene rings is 1. The number of aromatic hydroxyl groups is 1. The summed E-state index contributed by atoms with van der Waals surface area (Å²) in [7, 11) is 2.03. The lowest BCUT2D eigenvalue weighted by molar-refractivity contribution is 0.200. The summed E-state index contributed by atoms with van der Waals surface area (Å²) in [4.78, 5) is 6.39. The van der Waals surface area contributed by atoms with Crippen molar-refractivity contribution in [1.29, 1.82) is 0 Å². The van der Waals surface area contributed by atoms with E-state index < -0.39 is 0 Å². The van der Waals surface area contributed by atoms with Crippen LogP contribution in [0.25, 0.3) is 0 Å². The van der Waals surface area contributed by atoms with E-state index in [2.05, 4.69) is 35.8 Å². The molecule has 1 aliphatic heterocycles. The molecule has 0 atom stereocenters. The first-order valence-corrected chi connectivity index (χ1v) is 8.90. The molecule has 26 heavy (non-hydrogen) atoms. The largest absolute Gasteiger partial charge is 0.508 e. The SMILES string of the molecule is Cn1c(Cn2cncn2)nnc1C1CCN(Cc2cccc(O)c2)CC1. The van der Waals surface area contributed by atoms with Crippen LogP contribution in [-0.4, -0.2) is 52.6 Å². The molecule has 0 radical (unpaired) electrons. The fraction of sp³-hybridized carbons (Fsp3) is 0.444. The maximum Gasteiger partial charge on any atom is 0.154 e. The molecule has 0 spiro atoms. The zero-order valence-electron chi connectivity index (χ0n) is 14.9. The zero-order valence-corrected chi connectivity index (χ0v) is 14.9. The molecule has 1 aromatic carbocycles. The number of rotatable bonds is 5. The summed E-state index contributed by atoms with van der Waals surface area (Å²) < 4.78 is 3.85. The van der Waals surface area contributed by atoms with Gasteiger partial charge in [0.15, 0.2) is 5.82 Å². The average molecular weight is 353 g/mol. The van der Waals surface area contributed by atoms with Gasteiger partial charge in [-0.3, -0.25) is 4.90 Å². The quantitative estimate of drug-likeness (QED) is 0.749. The molecule has 136 valence electrons. The van der Waals surface area contributed by atoms with Gasteiger partial charge in [-0.25, -0.2) is 9.67 Å². The maximum atomic E-state index is 9.61. The standard InChI is InChI=1S/C18H23N7O/c1-23-17(11-25-13-19-12-20-25)21-22-18(23)15-5-7-24(8-6-15)10-14-3-2-4-16(26)9-14/h2-4,9,12-13,15,26H,5-8,10-11H2,1H3. The molecule has 8 nitrogen and oxygen atoms in total. The molecule has 0 amide bonds. The molecule has 0 aliphatic carbocycles. The normalized spacial score (nSPS) is 16.2. The van der Waals surface area contributed by atoms with Crippen molar-refractivity contribution in [3.8, 4) is 5.75 Å². The minimum atomic E-state index is 0.330. The first-order chi connectivity index (χ1) is 12.7. The van der Waals surface area contributed by atoms with Crippen LogP contribution in [0.1, 0.15) is 36.0 Å². The van der Waals surface area contributed by atoms with Gasteiger partial charge in [0.25, 0.3) is 0 Å². The van der Waals surface area contributed by atoms with Crippen molar-refractivity contribution in [2.24, 2.45) is 7.05 Å². The fourth-order valence-electron chi connectivity index (χ4n) is 3.59. The second-order valence-electron chi connectivity index (χ2n) is 6.85. The van der Waals surface area contributed by atoms with Crippen LogP contribution in [-0.2, 0) is 20.1 Å². The lowest BCUT2D eigenvalue weighted by Crippen LogP contribution is -2.33. The molecule has 4 rings (SSSR count). The van der Waals surface area contributed by atoms with Crippen molar-refractivity contribution >= 4 is 0 Å². The first-order valence-electron chi connectivity index (χ1n) is 8.90. The van der Waals surface area contributed by atoms with Crippen LogP contribution >= 0.6 is 0 Å². The molecular weight excluding hydrogens is 330 g/mol. The molecule has 0 unspecified atom stereocenters. The predicted octanol–water partition coefficient (Wildman–Crippen LogP) is 1.54. The summed E-state index contributed by atoms with van der Waals surface area (Å²) in [5.41, 5.74) is 1.15. The lowest BCUT2D eigenvalue weighted by atomic mass is 9.95. The minimum absolute atomic E-state index is 0.330. The van der Waals surface area contributed by atoms with E-state index in [1.165, 1.54) is 6.33 Å². The van der Waals surface area contributed by atoms with Crippen LogP contribution in [0, 0.1) is 0 Å². The predicted molar refractivity (Wildman–Crippen MR) is 95.5 cm³/mol. The molecule has 2 aromatic heterocycles. The Labute approximate surface area is 152 Å². The minimum Gasteiger partial charge on any atom is -0.508 e. The van der Waals surface area contributed by atoms with E-state index in [-0.39, 0.29) is 0 Å². The Morgan fingerprint density at radius 3 is 2.73 bits per heavy atom. The Bertz CT molecular complexity index is 850. The molecule has 3 heterocycles. The van der Waals surface area contributed by atoms with Crippen LogP contribution in [0.2, 0.25) is 0 Å². The number of aromatic nitrogens is 6. The Hall–Kier alpha value is -2.74. The third-order valence-corrected chi connectivity index (χ3v) is 5.04. The fourth-order valence-corrected chi connectivity index (χ4v) is 3.59. The second-order valence-corrected chi connectivity index (χ2v) is 6.85. The summed E-state index contributed by atoms with van der Waals surface area (Å²) in [5, 5.41) is 22.5. The molecule has 0 bridgehead atoms. The van der Waals surface area contributed by atoms with E-state index in [0.717, 1.165) is 49.7 Å². The van der Waals surface area contributed by atoms with Gasteiger partial charge >= 0.3 is 0 Å². The molecule has 0 saturated carbocycles. The highest BCUT2D eigenvalue weighted by atomic mass is 16.3. The van der Waals surface area contributed by atoms with Crippen LogP contribution in [0.5, 0.6) is 5.75 Å². The Balaban J connectivity index is 1.37. The molecule has 1 fully saturated rings. The highest BCUT2D eigenvalue weighted by Crippen LogP contribution is 2.28. The Morgan fingerprint density at radius 1 is 1.15 bits per heavy atom. The number of hydrogen-bond donors (Lipinski definition) is 1. The van der Waals surface area contributed by atoms with E-state index in [0.29, 0.717) is 18.2 Å². The van der Waals surface area contributed by atoms with E-state index in [4.69, 9.17) is 0 Å². The lowest BCUT2D eigenvalue weighted by Gasteiger charge is -2.31. The molecule has 1 N–H and O–H groups in total. The van der Waals surface area contributed by atoms with E-state index >= 15 is 0 Å². The Kier molecular flexibility index (Phi) is 4.66. The van der Waals surface area contributed by atoms with Gasteiger partial charge in [-0.2, -0.15) is 5.10 Å². The topological polar surface area (TPSA) is 84.9 Å². The number of nitrogens with zero attached hydrogens (tertiary/aromatic N) is 7. The summed E-state index contributed by atoms with van der Waals surface area (Å²) in [6.07, 6.45) is 5.34. The third-order valence-electron chi connectivity index (χ3n) is 5.04. The highest BCUT2D eigenvalue weighted by Gasteiger charge is 2.25. The summed E-state index contributed by atoms with van der Waals surface area (Å²) in [5.74, 6) is 2.71. The second kappa shape index (κ2) is 7.25. The average Bonchev–Trinajstić information content (AvgIpc) is 3.27. The number of piperidine rings is 1. The zero-order chi connectivity index (χ0) is 17.9. The van der Waals surface area contributed by atoms with Gasteiger partial charge in [0.1, 0.15) is 30.8 Å². The van der Waals surface area contributed by atoms with Gasteiger partial charge in [0.2, 0.25) is 0 Å². The van der Waals surface area contributed by atoms with Crippen molar-refractivity contribution in [3.63, 3.8) is 0 Å². The van der Waals surface area contributed by atoms with E-state index in [1.54, 1.807) is 17.1 Å². The van der Waals surface area contributed by atoms with Crippen LogP contribution in [0.3, 0.4) is 0 Å². The van der Waals surface area contributed by atoms with Gasteiger partial charge in [0, 0.05) is 19.5 Å². The van der Waals surface area contributed by atoms with Gasteiger partial charge < -0.3 is 9.67 Å². The van der Waals surface area contributed by atoms with Crippen molar-refractivity contribution in [2.75, 3.05) is 13.1 Å². The number of phenols is 1. The number of phenolic OH excluding ortho intramolecular Hbond substituents is 1. The molecule has 1 saturated heterocycles. The van der Waals surface area contributed by atoms with E-state index in [1.807, 2.05) is 19.2 Å². The van der Waals surface area contributed by atoms with Crippen molar-refractivity contribution in [2.45, 2.75) is 31.8 Å². The van der Waals surface area contributed by atoms with Gasteiger partial charge in [0.05, 0.1) is 0 Å². The molecule has 1 aliphatic rings. The molecule has 3 aromatic rings. The van der Waals surface area contributed by atoms with Crippen LogP contribution in [0.15, 0.2) is 36.9 Å². The van der Waals surface area contributed by atoms with E-state index in [9.17, 15) is 5.11 Å². The monoisotopic (exact) mass is 353 g/mol. The summed E-state index contributed by atoms with van der Waals surface area (Å²) >= 11 is 0. The molecule has 8 heteroatoms. The van der Waals surface area contributed by atoms with Crippen molar-refractivity contribution in [3.05, 3.63) is 54.1 Å². The van der Waals surface area contributed by atoms with Crippen molar-refractivity contribution in [1.82, 2.24) is 34.4 Å². The Morgan fingerprint density at radius 2 is 2.00 bits per heavy atom. The molecular formula is C18H23N7O. The smallest absolute Gasteiger partial charge is 0.154 e. The third kappa shape index (κ3) is 3.60. The van der Waals surface area contributed by atoms with Gasteiger partial charge in [-0.15, -0.1) is 10.2 Å². The van der Waals surface area contributed by atoms with Crippen LogP contribution < -0.4 is 0 Å². The van der Waals surface area contributed by atoms with Crippen LogP contribution in [0.4, 0.5) is 0 Å². The number of hydrogen-bond acceptors (Lipinski definition) is 6. The summed E-state index contributed by atoms with van der Waals surface area (Å²) in [6, 6.07) is 7.50. The summed E-state index contributed by atoms with van der Waals surface area (Å²) in [6.45, 7) is 3.49. The maximum absolute atomic E-state index is 9.61. The highest BCUT2D eigenvalue weighted by molar-refractivity contribution is 5.27. The first kappa shape index (κ1) is 16.7. The van der Waals surface area contributed by atoms with Gasteiger partial charge in [-0.05, 0) is 43.6 Å². The van der Waals surface area contributed by atoms with Crippen molar-refractivity contribution < 1.29 is 5.11 Å². The number of likely N-dealkylation sites (tertiary alicyclic amines) is 1. The van der Waals surface area contributed by atoms with Gasteiger partial charge in [-0.1, -0.05) is 12.1 Å².